The van der Waals surface area contributed by atoms with Gasteiger partial charge in [0.25, 0.3) is 5.09 Å². The molecule has 0 saturated carbocycles. The standard InChI is InChI=1S/C4H12N.HNO3.H2O/c1-5(2,3)4;2-1(3)4;/h1-4H3;(H,2,3,4);1H2/q+1;;. The summed E-state index contributed by atoms with van der Waals surface area (Å²) in [7, 11) is 8.50. The number of hydrogen-bond acceptors (Lipinski definition) is 2. The van der Waals surface area contributed by atoms with Crippen LogP contribution < -0.4 is 0 Å². The van der Waals surface area contributed by atoms with Crippen molar-refractivity contribution in [1.82, 2.24) is 0 Å². The van der Waals surface area contributed by atoms with E-state index in [4.69, 9.17) is 15.3 Å². The summed E-state index contributed by atoms with van der Waals surface area (Å²) in [5, 5.41) is 13.6. The Kier molecular flexibility index (Phi) is 10.0. The first-order valence-corrected chi connectivity index (χ1v) is 2.35. The summed E-state index contributed by atoms with van der Waals surface area (Å²) in [5.41, 5.74) is 0. The van der Waals surface area contributed by atoms with Gasteiger partial charge in [-0.1, -0.05) is 0 Å². The molecule has 6 nitrogen and oxygen atoms in total. The van der Waals surface area contributed by atoms with Crippen molar-refractivity contribution in [3.05, 3.63) is 10.1 Å². The molecule has 64 valence electrons. The third-order valence-electron chi connectivity index (χ3n) is 0. The predicted octanol–water partition coefficient (Wildman–Crippen LogP) is -0.850. The molecule has 0 aliphatic heterocycles. The quantitative estimate of drug-likeness (QED) is 0.280. The molecule has 0 radical (unpaired) electrons. The van der Waals surface area contributed by atoms with Gasteiger partial charge in [-0.3, -0.25) is 0 Å². The molecule has 10 heavy (non-hydrogen) atoms. The molecule has 0 heterocycles. The van der Waals surface area contributed by atoms with Crippen LogP contribution in [0.4, 0.5) is 0 Å². The zero-order valence-corrected chi connectivity index (χ0v) is 6.66. The number of rotatable bonds is 0. The van der Waals surface area contributed by atoms with Crippen LogP contribution in [0.5, 0.6) is 0 Å². The van der Waals surface area contributed by atoms with Gasteiger partial charge in [0.05, 0.1) is 28.2 Å². The topological polar surface area (TPSA) is 94.9 Å². The van der Waals surface area contributed by atoms with Crippen molar-refractivity contribution in [3.63, 3.8) is 0 Å². The van der Waals surface area contributed by atoms with Crippen LogP contribution in [-0.2, 0) is 0 Å². The SMILES string of the molecule is C[N+](C)(C)C.O.O=[N+]([O-])O. The first-order valence-electron chi connectivity index (χ1n) is 2.35. The van der Waals surface area contributed by atoms with Gasteiger partial charge >= 0.3 is 0 Å². The highest BCUT2D eigenvalue weighted by Gasteiger charge is 1.88. The smallest absolute Gasteiger partial charge is 0.291 e. The van der Waals surface area contributed by atoms with Gasteiger partial charge < -0.3 is 15.2 Å². The lowest BCUT2D eigenvalue weighted by Crippen LogP contribution is -2.27. The second-order valence-electron chi connectivity index (χ2n) is 2.92. The van der Waals surface area contributed by atoms with Crippen molar-refractivity contribution in [2.24, 2.45) is 0 Å². The molecule has 0 unspecified atom stereocenters. The molecular formula is C4H15N2O4+. The predicted molar refractivity (Wildman–Crippen MR) is 36.4 cm³/mol. The molecule has 6 heteroatoms. The Balaban J connectivity index is -0.0000000910. The Bertz CT molecular complexity index is 77.7. The summed E-state index contributed by atoms with van der Waals surface area (Å²) < 4.78 is 1.00. The first-order chi connectivity index (χ1) is 3.73. The Morgan fingerprint density at radius 1 is 1.30 bits per heavy atom. The van der Waals surface area contributed by atoms with E-state index in [2.05, 4.69) is 28.2 Å². The van der Waals surface area contributed by atoms with E-state index in [9.17, 15) is 0 Å². The third-order valence-corrected chi connectivity index (χ3v) is 0. The summed E-state index contributed by atoms with van der Waals surface area (Å²) in [4.78, 5) is 8.36. The van der Waals surface area contributed by atoms with Crippen LogP contribution in [0.3, 0.4) is 0 Å². The third kappa shape index (κ3) is 344. The summed E-state index contributed by atoms with van der Waals surface area (Å²) >= 11 is 0. The van der Waals surface area contributed by atoms with Gasteiger partial charge in [-0.05, 0) is 0 Å². The molecule has 0 aromatic heterocycles. The highest BCUT2D eigenvalue weighted by atomic mass is 16.9. The fourth-order valence-corrected chi connectivity index (χ4v) is 0. The molecule has 0 aliphatic carbocycles. The summed E-state index contributed by atoms with van der Waals surface area (Å²) in [5.74, 6) is 0. The van der Waals surface area contributed by atoms with Gasteiger partial charge in [0.1, 0.15) is 0 Å². The van der Waals surface area contributed by atoms with Crippen molar-refractivity contribution >= 4 is 0 Å². The van der Waals surface area contributed by atoms with E-state index < -0.39 is 5.09 Å². The molecule has 0 aromatic rings. The van der Waals surface area contributed by atoms with Crippen LogP contribution in [0, 0.1) is 10.1 Å². The van der Waals surface area contributed by atoms with Crippen molar-refractivity contribution in [2.45, 2.75) is 0 Å². The van der Waals surface area contributed by atoms with E-state index in [0.29, 0.717) is 0 Å². The summed E-state index contributed by atoms with van der Waals surface area (Å²) in [6.07, 6.45) is 0. The van der Waals surface area contributed by atoms with Crippen molar-refractivity contribution in [2.75, 3.05) is 28.2 Å². The number of hydrogen-bond donors (Lipinski definition) is 1. The lowest BCUT2D eigenvalue weighted by atomic mass is 10.8. The van der Waals surface area contributed by atoms with E-state index in [1.54, 1.807) is 0 Å². The molecule has 0 bridgehead atoms. The van der Waals surface area contributed by atoms with E-state index in [0.717, 1.165) is 4.48 Å². The molecule has 0 aliphatic rings. The van der Waals surface area contributed by atoms with Gasteiger partial charge in [0.15, 0.2) is 0 Å². The lowest BCUT2D eigenvalue weighted by molar-refractivity contribution is -0.849. The maximum atomic E-state index is 8.36. The largest absolute Gasteiger partial charge is 0.412 e. The van der Waals surface area contributed by atoms with E-state index in [1.165, 1.54) is 0 Å². The van der Waals surface area contributed by atoms with Crippen molar-refractivity contribution in [3.8, 4) is 0 Å². The van der Waals surface area contributed by atoms with Crippen LogP contribution >= 0.6 is 0 Å². The molecule has 0 saturated heterocycles. The minimum absolute atomic E-state index is 0. The molecular weight excluding hydrogens is 140 g/mol. The molecule has 0 atom stereocenters. The fourth-order valence-electron chi connectivity index (χ4n) is 0. The van der Waals surface area contributed by atoms with Crippen LogP contribution in [0.2, 0.25) is 0 Å². The van der Waals surface area contributed by atoms with Crippen LogP contribution in [0.25, 0.3) is 0 Å². The second-order valence-corrected chi connectivity index (χ2v) is 2.92. The van der Waals surface area contributed by atoms with Gasteiger partial charge in [-0.15, -0.1) is 10.1 Å². The molecule has 0 spiro atoms. The molecule has 0 aromatic carbocycles. The van der Waals surface area contributed by atoms with Crippen molar-refractivity contribution < 1.29 is 20.3 Å². The van der Waals surface area contributed by atoms with Gasteiger partial charge in [-0.25, -0.2) is 0 Å². The van der Waals surface area contributed by atoms with Crippen LogP contribution in [0.1, 0.15) is 0 Å². The number of quaternary nitrogens is 1. The maximum absolute atomic E-state index is 8.36. The van der Waals surface area contributed by atoms with Gasteiger partial charge in [0, 0.05) is 0 Å². The minimum atomic E-state index is -1.50. The molecule has 0 rings (SSSR count). The Morgan fingerprint density at radius 3 is 1.30 bits per heavy atom. The summed E-state index contributed by atoms with van der Waals surface area (Å²) in [6.45, 7) is 0. The monoisotopic (exact) mass is 155 g/mol. The normalized spacial score (nSPS) is 8.40. The average molecular weight is 155 g/mol. The summed E-state index contributed by atoms with van der Waals surface area (Å²) in [6, 6.07) is 0. The second kappa shape index (κ2) is 6.24. The Hall–Kier alpha value is -0.880. The zero-order valence-electron chi connectivity index (χ0n) is 6.66. The zero-order chi connectivity index (χ0) is 8.08. The maximum Gasteiger partial charge on any atom is 0.291 e. The Labute approximate surface area is 59.7 Å². The van der Waals surface area contributed by atoms with Gasteiger partial charge in [-0.2, -0.15) is 0 Å². The van der Waals surface area contributed by atoms with Gasteiger partial charge in [0.2, 0.25) is 0 Å². The molecule has 0 fully saturated rings. The minimum Gasteiger partial charge on any atom is -0.412 e. The van der Waals surface area contributed by atoms with Crippen molar-refractivity contribution in [1.29, 1.82) is 0 Å². The highest BCUT2D eigenvalue weighted by molar-refractivity contribution is 3.87. The van der Waals surface area contributed by atoms with E-state index in [-0.39, 0.29) is 5.48 Å². The Morgan fingerprint density at radius 2 is 1.30 bits per heavy atom. The average Bonchev–Trinajstić information content (AvgIpc) is 1.19. The van der Waals surface area contributed by atoms with Crippen LogP contribution in [0.15, 0.2) is 0 Å². The fraction of sp³-hybridized carbons (Fsp3) is 1.00. The van der Waals surface area contributed by atoms with E-state index >= 15 is 0 Å². The first kappa shape index (κ1) is 16.1. The number of nitrogens with zero attached hydrogens (tertiary/aromatic N) is 2. The lowest BCUT2D eigenvalue weighted by Gasteiger charge is -2.14. The highest BCUT2D eigenvalue weighted by Crippen LogP contribution is 1.73. The molecule has 3 N–H and O–H groups in total. The van der Waals surface area contributed by atoms with E-state index in [1.807, 2.05) is 0 Å². The molecule has 0 amide bonds. The van der Waals surface area contributed by atoms with Crippen LogP contribution in [-0.4, -0.2) is 48.4 Å².